The Hall–Kier alpha value is -1.67. The minimum absolute atomic E-state index is 0.354. The second-order valence-electron chi connectivity index (χ2n) is 4.20. The van der Waals surface area contributed by atoms with E-state index >= 15 is 0 Å². The summed E-state index contributed by atoms with van der Waals surface area (Å²) in [5.74, 6) is 0. The van der Waals surface area contributed by atoms with Crippen molar-refractivity contribution in [3.8, 4) is 0 Å². The second kappa shape index (κ2) is 6.16. The average Bonchev–Trinajstić information content (AvgIpc) is 2.41. The van der Waals surface area contributed by atoms with E-state index in [2.05, 4.69) is 53.6 Å². The zero-order valence-electron chi connectivity index (χ0n) is 10.1. The fourth-order valence-corrected chi connectivity index (χ4v) is 1.83. The molecule has 0 aliphatic heterocycles. The summed E-state index contributed by atoms with van der Waals surface area (Å²) in [7, 11) is 0. The molecule has 1 heterocycles. The summed E-state index contributed by atoms with van der Waals surface area (Å²) in [4.78, 5) is 4.13. The lowest BCUT2D eigenvalue weighted by molar-refractivity contribution is 0.575. The minimum Gasteiger partial charge on any atom is -0.310 e. The van der Waals surface area contributed by atoms with Crippen LogP contribution in [0.1, 0.15) is 24.1 Å². The lowest BCUT2D eigenvalue weighted by Gasteiger charge is -2.13. The van der Waals surface area contributed by atoms with Crippen molar-refractivity contribution in [1.82, 2.24) is 10.3 Å². The largest absolute Gasteiger partial charge is 0.310 e. The van der Waals surface area contributed by atoms with Gasteiger partial charge < -0.3 is 5.32 Å². The Morgan fingerprint density at radius 3 is 2.65 bits per heavy atom. The van der Waals surface area contributed by atoms with Crippen molar-refractivity contribution in [2.45, 2.75) is 19.4 Å². The van der Waals surface area contributed by atoms with E-state index in [1.807, 2.05) is 12.3 Å². The molecule has 0 saturated carbocycles. The van der Waals surface area contributed by atoms with Crippen LogP contribution in [0.3, 0.4) is 0 Å². The molecule has 0 amide bonds. The van der Waals surface area contributed by atoms with E-state index in [0.29, 0.717) is 6.04 Å². The summed E-state index contributed by atoms with van der Waals surface area (Å²) in [6.07, 6.45) is 4.78. The maximum Gasteiger partial charge on any atom is 0.0315 e. The van der Waals surface area contributed by atoms with E-state index in [1.165, 1.54) is 11.1 Å². The standard InChI is InChI=1S/C15H18N2/c1-13(15-8-5-10-16-12-15)17-11-9-14-6-3-2-4-7-14/h2-8,10,12-13,17H,9,11H2,1H3/t13-/m0/s1. The third-order valence-electron chi connectivity index (χ3n) is 2.89. The number of hydrogen-bond acceptors (Lipinski definition) is 2. The molecule has 0 bridgehead atoms. The van der Waals surface area contributed by atoms with E-state index in [1.54, 1.807) is 6.20 Å². The van der Waals surface area contributed by atoms with Crippen LogP contribution < -0.4 is 5.32 Å². The van der Waals surface area contributed by atoms with Gasteiger partial charge in [0.05, 0.1) is 0 Å². The highest BCUT2D eigenvalue weighted by molar-refractivity contribution is 5.16. The Morgan fingerprint density at radius 2 is 1.94 bits per heavy atom. The quantitative estimate of drug-likeness (QED) is 0.847. The third-order valence-corrected chi connectivity index (χ3v) is 2.89. The lowest BCUT2D eigenvalue weighted by atomic mass is 10.1. The van der Waals surface area contributed by atoms with Crippen molar-refractivity contribution in [2.24, 2.45) is 0 Å². The monoisotopic (exact) mass is 226 g/mol. The molecule has 17 heavy (non-hydrogen) atoms. The van der Waals surface area contributed by atoms with Gasteiger partial charge in [0.25, 0.3) is 0 Å². The summed E-state index contributed by atoms with van der Waals surface area (Å²) in [6, 6.07) is 15.0. The zero-order valence-corrected chi connectivity index (χ0v) is 10.1. The molecule has 88 valence electrons. The number of aromatic nitrogens is 1. The molecule has 1 atom stereocenters. The Balaban J connectivity index is 1.79. The first-order chi connectivity index (χ1) is 8.36. The van der Waals surface area contributed by atoms with Crippen LogP contribution in [0.15, 0.2) is 54.9 Å². The second-order valence-corrected chi connectivity index (χ2v) is 4.20. The molecular formula is C15H18N2. The van der Waals surface area contributed by atoms with Crippen LogP contribution >= 0.6 is 0 Å². The van der Waals surface area contributed by atoms with Crippen LogP contribution in [0.5, 0.6) is 0 Å². The highest BCUT2D eigenvalue weighted by Crippen LogP contribution is 2.09. The highest BCUT2D eigenvalue weighted by atomic mass is 14.9. The predicted molar refractivity (Wildman–Crippen MR) is 70.8 cm³/mol. The molecule has 2 heteroatoms. The van der Waals surface area contributed by atoms with Crippen LogP contribution in [0.2, 0.25) is 0 Å². The van der Waals surface area contributed by atoms with Gasteiger partial charge in [-0.1, -0.05) is 36.4 Å². The molecular weight excluding hydrogens is 208 g/mol. The summed E-state index contributed by atoms with van der Waals surface area (Å²) in [5.41, 5.74) is 2.61. The van der Waals surface area contributed by atoms with E-state index in [9.17, 15) is 0 Å². The molecule has 1 aromatic carbocycles. The fraction of sp³-hybridized carbons (Fsp3) is 0.267. The number of nitrogens with one attached hydrogen (secondary N) is 1. The lowest BCUT2D eigenvalue weighted by Crippen LogP contribution is -2.21. The van der Waals surface area contributed by atoms with Crippen molar-refractivity contribution < 1.29 is 0 Å². The summed E-state index contributed by atoms with van der Waals surface area (Å²) >= 11 is 0. The Morgan fingerprint density at radius 1 is 1.12 bits per heavy atom. The Labute approximate surface area is 103 Å². The smallest absolute Gasteiger partial charge is 0.0315 e. The van der Waals surface area contributed by atoms with Crippen LogP contribution in [0, 0.1) is 0 Å². The van der Waals surface area contributed by atoms with E-state index in [-0.39, 0.29) is 0 Å². The molecule has 2 rings (SSSR count). The Bertz CT molecular complexity index is 425. The minimum atomic E-state index is 0.354. The fourth-order valence-electron chi connectivity index (χ4n) is 1.83. The van der Waals surface area contributed by atoms with Crippen molar-refractivity contribution in [3.63, 3.8) is 0 Å². The Kier molecular flexibility index (Phi) is 4.28. The number of nitrogens with zero attached hydrogens (tertiary/aromatic N) is 1. The van der Waals surface area contributed by atoms with Crippen LogP contribution in [0.4, 0.5) is 0 Å². The molecule has 0 aliphatic carbocycles. The van der Waals surface area contributed by atoms with Crippen molar-refractivity contribution in [2.75, 3.05) is 6.54 Å². The van der Waals surface area contributed by atoms with Gasteiger partial charge in [-0.25, -0.2) is 0 Å². The van der Waals surface area contributed by atoms with Crippen molar-refractivity contribution in [3.05, 3.63) is 66.0 Å². The SMILES string of the molecule is C[C@H](NCCc1ccccc1)c1cccnc1. The molecule has 0 fully saturated rings. The van der Waals surface area contributed by atoms with Crippen molar-refractivity contribution in [1.29, 1.82) is 0 Å². The van der Waals surface area contributed by atoms with E-state index in [4.69, 9.17) is 0 Å². The van der Waals surface area contributed by atoms with Gasteiger partial charge in [0.1, 0.15) is 0 Å². The molecule has 0 spiro atoms. The predicted octanol–water partition coefficient (Wildman–Crippen LogP) is 2.97. The van der Waals surface area contributed by atoms with Crippen molar-refractivity contribution >= 4 is 0 Å². The first kappa shape index (κ1) is 11.8. The first-order valence-electron chi connectivity index (χ1n) is 6.03. The third kappa shape index (κ3) is 3.68. The van der Waals surface area contributed by atoms with Gasteiger partial charge >= 0.3 is 0 Å². The molecule has 2 aromatic rings. The topological polar surface area (TPSA) is 24.9 Å². The molecule has 0 saturated heterocycles. The van der Waals surface area contributed by atoms with Gasteiger partial charge in [-0.05, 0) is 37.1 Å². The molecule has 0 radical (unpaired) electrons. The molecule has 2 nitrogen and oxygen atoms in total. The summed E-state index contributed by atoms with van der Waals surface area (Å²) < 4.78 is 0. The maximum atomic E-state index is 4.13. The van der Waals surface area contributed by atoms with Gasteiger partial charge in [-0.15, -0.1) is 0 Å². The van der Waals surface area contributed by atoms with E-state index in [0.717, 1.165) is 13.0 Å². The summed E-state index contributed by atoms with van der Waals surface area (Å²) in [5, 5.41) is 3.51. The van der Waals surface area contributed by atoms with Gasteiger partial charge in [0.2, 0.25) is 0 Å². The molecule has 0 unspecified atom stereocenters. The van der Waals surface area contributed by atoms with Gasteiger partial charge in [0, 0.05) is 18.4 Å². The van der Waals surface area contributed by atoms with E-state index < -0.39 is 0 Å². The van der Waals surface area contributed by atoms with Crippen LogP contribution in [-0.4, -0.2) is 11.5 Å². The molecule has 0 aliphatic rings. The number of hydrogen-bond donors (Lipinski definition) is 1. The van der Waals surface area contributed by atoms with Gasteiger partial charge in [-0.3, -0.25) is 4.98 Å². The van der Waals surface area contributed by atoms with Crippen LogP contribution in [0.25, 0.3) is 0 Å². The normalized spacial score (nSPS) is 12.3. The molecule has 1 aromatic heterocycles. The van der Waals surface area contributed by atoms with Gasteiger partial charge in [-0.2, -0.15) is 0 Å². The van der Waals surface area contributed by atoms with Gasteiger partial charge in [0.15, 0.2) is 0 Å². The average molecular weight is 226 g/mol. The first-order valence-corrected chi connectivity index (χ1v) is 6.03. The highest BCUT2D eigenvalue weighted by Gasteiger charge is 2.03. The zero-order chi connectivity index (χ0) is 11.9. The maximum absolute atomic E-state index is 4.13. The number of pyridine rings is 1. The van der Waals surface area contributed by atoms with Crippen LogP contribution in [-0.2, 0) is 6.42 Å². The summed E-state index contributed by atoms with van der Waals surface area (Å²) in [6.45, 7) is 3.15. The molecule has 1 N–H and O–H groups in total. The number of rotatable bonds is 5. The number of benzene rings is 1.